The topological polar surface area (TPSA) is 57.8 Å². The summed E-state index contributed by atoms with van der Waals surface area (Å²) in [6.45, 7) is 5.49. The Morgan fingerprint density at radius 3 is 2.57 bits per heavy atom. The van der Waals surface area contributed by atoms with Crippen molar-refractivity contribution in [1.82, 2.24) is 14.8 Å². The number of amides is 1. The van der Waals surface area contributed by atoms with Crippen molar-refractivity contribution in [1.29, 1.82) is 0 Å². The first kappa shape index (κ1) is 24.9. The van der Waals surface area contributed by atoms with Gasteiger partial charge < -0.3 is 19.4 Å². The van der Waals surface area contributed by atoms with E-state index in [9.17, 15) is 18.0 Å². The highest BCUT2D eigenvalue weighted by Crippen LogP contribution is 2.26. The summed E-state index contributed by atoms with van der Waals surface area (Å²) in [6, 6.07) is 13.7. The molecule has 0 unspecified atom stereocenters. The number of halogens is 3. The minimum absolute atomic E-state index is 0.0217. The van der Waals surface area contributed by atoms with Gasteiger partial charge in [-0.1, -0.05) is 12.1 Å². The van der Waals surface area contributed by atoms with Crippen LogP contribution >= 0.6 is 0 Å². The van der Waals surface area contributed by atoms with E-state index >= 15 is 0 Å². The van der Waals surface area contributed by atoms with Crippen molar-refractivity contribution in [2.75, 3.05) is 33.3 Å². The van der Waals surface area contributed by atoms with Gasteiger partial charge in [-0.25, -0.2) is 0 Å². The molecule has 0 bridgehead atoms. The molecule has 1 saturated heterocycles. The highest BCUT2D eigenvalue weighted by molar-refractivity contribution is 5.98. The van der Waals surface area contributed by atoms with Crippen LogP contribution < -0.4 is 9.47 Å². The fourth-order valence-corrected chi connectivity index (χ4v) is 4.62. The Bertz CT molecular complexity index is 1150. The van der Waals surface area contributed by atoms with Gasteiger partial charge in [0, 0.05) is 30.5 Å². The summed E-state index contributed by atoms with van der Waals surface area (Å²) in [7, 11) is 1.61. The van der Waals surface area contributed by atoms with Gasteiger partial charge >= 0.3 is 6.36 Å². The summed E-state index contributed by atoms with van der Waals surface area (Å²) in [6.07, 6.45) is -2.85. The van der Waals surface area contributed by atoms with E-state index < -0.39 is 6.36 Å². The number of rotatable bonds is 8. The molecular weight excluding hydrogens is 459 g/mol. The lowest BCUT2D eigenvalue weighted by atomic mass is 9.95. The van der Waals surface area contributed by atoms with Crippen molar-refractivity contribution in [3.63, 3.8) is 0 Å². The van der Waals surface area contributed by atoms with E-state index in [1.165, 1.54) is 12.1 Å². The molecule has 6 nitrogen and oxygen atoms in total. The number of carbonyl (C=O) groups excluding carboxylic acids is 1. The normalized spacial score (nSPS) is 15.3. The maximum absolute atomic E-state index is 13.2. The van der Waals surface area contributed by atoms with Crippen LogP contribution in [0.3, 0.4) is 0 Å². The molecule has 1 fully saturated rings. The molecule has 2 aromatic carbocycles. The van der Waals surface area contributed by atoms with Gasteiger partial charge in [0.15, 0.2) is 0 Å². The number of aromatic amines is 1. The highest BCUT2D eigenvalue weighted by atomic mass is 19.4. The Labute approximate surface area is 202 Å². The van der Waals surface area contributed by atoms with Gasteiger partial charge in [0.25, 0.3) is 5.91 Å². The number of H-pyrrole nitrogens is 1. The Kier molecular flexibility index (Phi) is 7.54. The van der Waals surface area contributed by atoms with Crippen molar-refractivity contribution in [3.8, 4) is 11.5 Å². The molecule has 1 aliphatic heterocycles. The van der Waals surface area contributed by atoms with Gasteiger partial charge in [-0.3, -0.25) is 9.69 Å². The van der Waals surface area contributed by atoms with E-state index in [0.717, 1.165) is 48.1 Å². The van der Waals surface area contributed by atoms with Crippen LogP contribution in [0.4, 0.5) is 13.2 Å². The predicted molar refractivity (Wildman–Crippen MR) is 128 cm³/mol. The maximum atomic E-state index is 13.2. The second kappa shape index (κ2) is 10.6. The fourth-order valence-electron chi connectivity index (χ4n) is 4.62. The van der Waals surface area contributed by atoms with Crippen molar-refractivity contribution in [3.05, 3.63) is 59.8 Å². The molecule has 2 heterocycles. The average molecular weight is 490 g/mol. The number of carbonyl (C=O) groups is 1. The highest BCUT2D eigenvalue weighted by Gasteiger charge is 2.31. The van der Waals surface area contributed by atoms with Crippen LogP contribution in [-0.2, 0) is 6.54 Å². The van der Waals surface area contributed by atoms with Gasteiger partial charge in [0.1, 0.15) is 17.2 Å². The average Bonchev–Trinajstić information content (AvgIpc) is 3.25. The second-order valence-electron chi connectivity index (χ2n) is 8.89. The Morgan fingerprint density at radius 1 is 1.11 bits per heavy atom. The van der Waals surface area contributed by atoms with Crippen molar-refractivity contribution < 1.29 is 27.4 Å². The number of fused-ring (bicyclic) bond motifs is 1. The summed E-state index contributed by atoms with van der Waals surface area (Å²) in [5, 5.41) is 0.932. The lowest BCUT2D eigenvalue weighted by molar-refractivity contribution is -0.274. The van der Waals surface area contributed by atoms with Crippen LogP contribution in [0.1, 0.15) is 35.8 Å². The molecule has 9 heteroatoms. The molecule has 4 rings (SSSR count). The first-order valence-corrected chi connectivity index (χ1v) is 11.8. The Balaban J connectivity index is 1.31. The van der Waals surface area contributed by atoms with E-state index in [1.54, 1.807) is 13.2 Å². The third kappa shape index (κ3) is 6.48. The lowest BCUT2D eigenvalue weighted by Crippen LogP contribution is -2.40. The van der Waals surface area contributed by atoms with Gasteiger partial charge in [-0.15, -0.1) is 13.2 Å². The van der Waals surface area contributed by atoms with Gasteiger partial charge in [-0.05, 0) is 80.7 Å². The van der Waals surface area contributed by atoms with E-state index in [-0.39, 0.29) is 11.7 Å². The summed E-state index contributed by atoms with van der Waals surface area (Å²) in [5.74, 6) is 0.901. The van der Waals surface area contributed by atoms with Crippen LogP contribution in [0.25, 0.3) is 10.9 Å². The molecule has 0 spiro atoms. The van der Waals surface area contributed by atoms with E-state index in [4.69, 9.17) is 4.74 Å². The molecular formula is C26H30F3N3O3. The van der Waals surface area contributed by atoms with Crippen LogP contribution in [-0.4, -0.2) is 60.3 Å². The summed E-state index contributed by atoms with van der Waals surface area (Å²) < 4.78 is 46.8. The second-order valence-corrected chi connectivity index (χ2v) is 8.89. The van der Waals surface area contributed by atoms with Crippen LogP contribution in [0, 0.1) is 5.92 Å². The van der Waals surface area contributed by atoms with Crippen molar-refractivity contribution in [2.45, 2.75) is 32.7 Å². The van der Waals surface area contributed by atoms with E-state index in [1.807, 2.05) is 42.2 Å². The summed E-state index contributed by atoms with van der Waals surface area (Å²) >= 11 is 0. The smallest absolute Gasteiger partial charge is 0.497 e. The van der Waals surface area contributed by atoms with Crippen LogP contribution in [0.2, 0.25) is 0 Å². The molecule has 188 valence electrons. The van der Waals surface area contributed by atoms with E-state index in [2.05, 4.69) is 14.6 Å². The molecule has 35 heavy (non-hydrogen) atoms. The minimum atomic E-state index is -4.70. The summed E-state index contributed by atoms with van der Waals surface area (Å²) in [5.41, 5.74) is 2.24. The van der Waals surface area contributed by atoms with Gasteiger partial charge in [0.2, 0.25) is 0 Å². The third-order valence-electron chi connectivity index (χ3n) is 6.45. The van der Waals surface area contributed by atoms with Crippen molar-refractivity contribution in [2.24, 2.45) is 5.92 Å². The molecule has 0 atom stereocenters. The molecule has 1 aromatic heterocycles. The first-order valence-electron chi connectivity index (χ1n) is 11.8. The number of nitrogens with zero attached hydrogens (tertiary/aromatic N) is 2. The zero-order valence-electron chi connectivity index (χ0n) is 19.9. The minimum Gasteiger partial charge on any atom is -0.497 e. The number of hydrogen-bond acceptors (Lipinski definition) is 4. The van der Waals surface area contributed by atoms with Crippen LogP contribution in [0.5, 0.6) is 11.5 Å². The number of aromatic nitrogens is 1. The molecule has 1 aliphatic rings. The monoisotopic (exact) mass is 489 g/mol. The van der Waals surface area contributed by atoms with Crippen LogP contribution in [0.15, 0.2) is 48.5 Å². The molecule has 1 amide bonds. The number of alkyl halides is 3. The quantitative estimate of drug-likeness (QED) is 0.457. The van der Waals surface area contributed by atoms with Crippen molar-refractivity contribution >= 4 is 16.8 Å². The number of nitrogens with one attached hydrogen (secondary N) is 1. The molecule has 0 aliphatic carbocycles. The Morgan fingerprint density at radius 2 is 1.89 bits per heavy atom. The first-order chi connectivity index (χ1) is 16.7. The zero-order chi connectivity index (χ0) is 25.0. The number of benzene rings is 2. The standard InChI is InChI=1S/C26H30F3N3O3/c1-3-32(25(33)24-15-20-14-21(34-2)7-8-23(20)30-24)17-18-9-11-31(12-10-18)16-19-5-4-6-22(13-19)35-26(27,28)29/h4-8,13-15,18,30H,3,9-12,16-17H2,1-2H3. The third-order valence-corrected chi connectivity index (χ3v) is 6.45. The Hall–Kier alpha value is -3.20. The molecule has 1 N–H and O–H groups in total. The number of likely N-dealkylation sites (tertiary alicyclic amines) is 1. The summed E-state index contributed by atoms with van der Waals surface area (Å²) in [4.78, 5) is 20.5. The number of hydrogen-bond donors (Lipinski definition) is 1. The fraction of sp³-hybridized carbons (Fsp3) is 0.423. The predicted octanol–water partition coefficient (Wildman–Crippen LogP) is 5.45. The molecule has 0 saturated carbocycles. The van der Waals surface area contributed by atoms with E-state index in [0.29, 0.717) is 31.2 Å². The largest absolute Gasteiger partial charge is 0.573 e. The number of methoxy groups -OCH3 is 1. The zero-order valence-corrected chi connectivity index (χ0v) is 19.9. The van der Waals surface area contributed by atoms with Gasteiger partial charge in [0.05, 0.1) is 7.11 Å². The lowest BCUT2D eigenvalue weighted by Gasteiger charge is -2.34. The molecule has 0 radical (unpaired) electrons. The molecule has 3 aromatic rings. The maximum Gasteiger partial charge on any atom is 0.573 e. The SMILES string of the molecule is CCN(CC1CCN(Cc2cccc(OC(F)(F)F)c2)CC1)C(=O)c1cc2cc(OC)ccc2[nH]1. The van der Waals surface area contributed by atoms with Gasteiger partial charge in [-0.2, -0.15) is 0 Å². The number of ether oxygens (including phenoxy) is 2. The number of piperidine rings is 1.